The Balaban J connectivity index is 3.50. The van der Waals surface area contributed by atoms with E-state index in [0.29, 0.717) is 6.42 Å². The topological polar surface area (TPSA) is 83.6 Å². The largest absolute Gasteiger partial charge is 0.369 e. The monoisotopic (exact) mass is 419 g/mol. The van der Waals surface area contributed by atoms with Crippen molar-refractivity contribution in [3.8, 4) is 23.7 Å². The van der Waals surface area contributed by atoms with E-state index >= 15 is 0 Å². The molecule has 0 aliphatic heterocycles. The molecule has 1 amide bonds. The van der Waals surface area contributed by atoms with Gasteiger partial charge in [0.05, 0.1) is 0 Å². The third-order valence-electron chi connectivity index (χ3n) is 5.42. The number of primary amides is 1. The summed E-state index contributed by atoms with van der Waals surface area (Å²) < 4.78 is 0. The lowest BCUT2D eigenvalue weighted by molar-refractivity contribution is -0.123. The number of aliphatic hydroxyl groups is 2. The molecule has 4 nitrogen and oxygen atoms in total. The van der Waals surface area contributed by atoms with Gasteiger partial charge in [-0.2, -0.15) is 0 Å². The molecule has 0 spiro atoms. The zero-order valence-electron chi connectivity index (χ0n) is 19.3. The fourth-order valence-corrected chi connectivity index (χ4v) is 3.47. The normalized spacial score (nSPS) is 11.5. The maximum Gasteiger partial charge on any atom is 0.220 e. The maximum atomic E-state index is 11.4. The molecule has 0 aromatic carbocycles. The van der Waals surface area contributed by atoms with Crippen LogP contribution in [0.4, 0.5) is 0 Å². The second kappa shape index (κ2) is 22.2. The van der Waals surface area contributed by atoms with Crippen LogP contribution in [-0.4, -0.2) is 22.4 Å². The van der Waals surface area contributed by atoms with Gasteiger partial charge in [-0.05, 0) is 43.9 Å². The smallest absolute Gasteiger partial charge is 0.220 e. The van der Waals surface area contributed by atoms with Crippen molar-refractivity contribution in [1.82, 2.24) is 0 Å². The molecule has 4 heteroatoms. The first-order valence-corrected chi connectivity index (χ1v) is 12.2. The summed E-state index contributed by atoms with van der Waals surface area (Å²) in [5, 5.41) is 17.8. The van der Waals surface area contributed by atoms with Gasteiger partial charge in [0.25, 0.3) is 0 Å². The molecule has 0 aromatic rings. The molecule has 1 atom stereocenters. The van der Waals surface area contributed by atoms with E-state index in [4.69, 9.17) is 15.9 Å². The summed E-state index contributed by atoms with van der Waals surface area (Å²) in [6.45, 7) is 2.25. The predicted octanol–water partition coefficient (Wildman–Crippen LogP) is 5.45. The van der Waals surface area contributed by atoms with Crippen molar-refractivity contribution in [2.45, 2.75) is 129 Å². The highest BCUT2D eigenvalue weighted by molar-refractivity contribution is 5.76. The van der Waals surface area contributed by atoms with Crippen molar-refractivity contribution >= 4 is 5.91 Å². The van der Waals surface area contributed by atoms with Gasteiger partial charge in [0.2, 0.25) is 5.91 Å². The summed E-state index contributed by atoms with van der Waals surface area (Å²) in [7, 11) is 0. The molecule has 0 heterocycles. The van der Waals surface area contributed by atoms with Gasteiger partial charge in [-0.25, -0.2) is 0 Å². The van der Waals surface area contributed by atoms with Crippen molar-refractivity contribution in [2.75, 3.05) is 0 Å². The predicted molar refractivity (Wildman–Crippen MR) is 125 cm³/mol. The number of hydrogen-bond acceptors (Lipinski definition) is 3. The average Bonchev–Trinajstić information content (AvgIpc) is 2.71. The van der Waals surface area contributed by atoms with E-state index in [9.17, 15) is 4.79 Å². The molecule has 172 valence electrons. The summed E-state index contributed by atoms with van der Waals surface area (Å²) >= 11 is 0. The number of unbranched alkanes of at least 4 members (excludes halogenated alkanes) is 13. The molecule has 0 aliphatic rings. The third kappa shape index (κ3) is 21.2. The molecular formula is C26H45NO3. The quantitative estimate of drug-likeness (QED) is 0.148. The van der Waals surface area contributed by atoms with Gasteiger partial charge in [0.1, 0.15) is 0 Å². The molecule has 0 aromatic heterocycles. The van der Waals surface area contributed by atoms with Crippen LogP contribution in [0.2, 0.25) is 0 Å². The first-order valence-electron chi connectivity index (χ1n) is 12.2. The SMILES string of the molecule is CCCCCCCCCCC#CC#CCCCCCCCC(CCC(O)O)C(N)=O. The van der Waals surface area contributed by atoms with Gasteiger partial charge >= 0.3 is 0 Å². The number of amides is 1. The Bertz CT molecular complexity index is 522. The van der Waals surface area contributed by atoms with E-state index in [-0.39, 0.29) is 18.2 Å². The third-order valence-corrected chi connectivity index (χ3v) is 5.42. The lowest BCUT2D eigenvalue weighted by Gasteiger charge is -2.13. The van der Waals surface area contributed by atoms with E-state index in [1.54, 1.807) is 0 Å². The Kier molecular flexibility index (Phi) is 21.1. The summed E-state index contributed by atoms with van der Waals surface area (Å²) in [6.07, 6.45) is 17.9. The molecule has 0 saturated heterocycles. The van der Waals surface area contributed by atoms with E-state index in [1.165, 1.54) is 51.4 Å². The van der Waals surface area contributed by atoms with E-state index in [1.807, 2.05) is 0 Å². The van der Waals surface area contributed by atoms with Crippen LogP contribution < -0.4 is 5.73 Å². The van der Waals surface area contributed by atoms with Gasteiger partial charge in [-0.3, -0.25) is 4.79 Å². The van der Waals surface area contributed by atoms with Crippen LogP contribution in [0, 0.1) is 29.6 Å². The second-order valence-electron chi connectivity index (χ2n) is 8.29. The van der Waals surface area contributed by atoms with Crippen LogP contribution in [0.3, 0.4) is 0 Å². The molecule has 30 heavy (non-hydrogen) atoms. The zero-order valence-corrected chi connectivity index (χ0v) is 19.3. The van der Waals surface area contributed by atoms with Crippen LogP contribution in [0.25, 0.3) is 0 Å². The van der Waals surface area contributed by atoms with Crippen LogP contribution in [0.5, 0.6) is 0 Å². The standard InChI is InChI=1S/C26H45NO3/c1-2-3-4-5-6-7-8-9-10-11-12-13-14-15-16-17-18-19-20-21-24(26(27)30)22-23-25(28)29/h24-25,28-29H,2-10,15-23H2,1H3,(H2,27,30). The first kappa shape index (κ1) is 28.5. The molecule has 0 radical (unpaired) electrons. The second-order valence-corrected chi connectivity index (χ2v) is 8.29. The van der Waals surface area contributed by atoms with Crippen LogP contribution in [-0.2, 0) is 4.79 Å². The van der Waals surface area contributed by atoms with Crippen molar-refractivity contribution in [1.29, 1.82) is 0 Å². The van der Waals surface area contributed by atoms with E-state index < -0.39 is 6.29 Å². The number of hydrogen-bond donors (Lipinski definition) is 3. The highest BCUT2D eigenvalue weighted by Crippen LogP contribution is 2.17. The van der Waals surface area contributed by atoms with Crippen molar-refractivity contribution in [3.05, 3.63) is 0 Å². The fourth-order valence-electron chi connectivity index (χ4n) is 3.47. The van der Waals surface area contributed by atoms with Crippen molar-refractivity contribution in [2.24, 2.45) is 11.7 Å². The molecule has 0 aliphatic carbocycles. The van der Waals surface area contributed by atoms with Crippen LogP contribution in [0.15, 0.2) is 0 Å². The number of nitrogens with two attached hydrogens (primary N) is 1. The summed E-state index contributed by atoms with van der Waals surface area (Å²) in [6, 6.07) is 0. The number of carbonyl (C=O) groups is 1. The molecular weight excluding hydrogens is 374 g/mol. The van der Waals surface area contributed by atoms with Crippen molar-refractivity contribution < 1.29 is 15.0 Å². The summed E-state index contributed by atoms with van der Waals surface area (Å²) in [5.74, 6) is 11.6. The maximum absolute atomic E-state index is 11.4. The first-order chi connectivity index (χ1) is 14.6. The minimum Gasteiger partial charge on any atom is -0.369 e. The van der Waals surface area contributed by atoms with Crippen molar-refractivity contribution in [3.63, 3.8) is 0 Å². The lowest BCUT2D eigenvalue weighted by atomic mass is 9.95. The van der Waals surface area contributed by atoms with Crippen LogP contribution >= 0.6 is 0 Å². The Morgan fingerprint density at radius 1 is 0.700 bits per heavy atom. The molecule has 0 bridgehead atoms. The Morgan fingerprint density at radius 2 is 1.17 bits per heavy atom. The minimum absolute atomic E-state index is 0.203. The Labute approximate surface area is 185 Å². The highest BCUT2D eigenvalue weighted by atomic mass is 16.5. The lowest BCUT2D eigenvalue weighted by Crippen LogP contribution is -2.24. The average molecular weight is 420 g/mol. The number of carbonyl (C=O) groups excluding carboxylic acids is 1. The van der Waals surface area contributed by atoms with Gasteiger partial charge in [-0.1, -0.05) is 89.4 Å². The van der Waals surface area contributed by atoms with E-state index in [0.717, 1.165) is 51.4 Å². The molecule has 0 saturated carbocycles. The molecule has 0 fully saturated rings. The van der Waals surface area contributed by atoms with Gasteiger partial charge < -0.3 is 15.9 Å². The molecule has 1 unspecified atom stereocenters. The van der Waals surface area contributed by atoms with Crippen LogP contribution in [0.1, 0.15) is 122 Å². The fraction of sp³-hybridized carbons (Fsp3) is 0.808. The minimum atomic E-state index is -1.36. The molecule has 4 N–H and O–H groups in total. The molecule has 0 rings (SSSR count). The number of aliphatic hydroxyl groups excluding tert-OH is 1. The van der Waals surface area contributed by atoms with Gasteiger partial charge in [-0.15, -0.1) is 0 Å². The summed E-state index contributed by atoms with van der Waals surface area (Å²) in [5.41, 5.74) is 5.38. The highest BCUT2D eigenvalue weighted by Gasteiger charge is 2.15. The van der Waals surface area contributed by atoms with Gasteiger partial charge in [0, 0.05) is 18.8 Å². The summed E-state index contributed by atoms with van der Waals surface area (Å²) in [4.78, 5) is 11.4. The Hall–Kier alpha value is -1.49. The number of rotatable bonds is 19. The zero-order chi connectivity index (χ0) is 22.3. The Morgan fingerprint density at radius 3 is 1.63 bits per heavy atom. The van der Waals surface area contributed by atoms with Gasteiger partial charge in [0.15, 0.2) is 6.29 Å². The van der Waals surface area contributed by atoms with E-state index in [2.05, 4.69) is 30.6 Å².